The van der Waals surface area contributed by atoms with Gasteiger partial charge < -0.3 is 20.5 Å². The number of nitrogens with zero attached hydrogens (tertiary/aromatic N) is 2. The first-order valence-corrected chi connectivity index (χ1v) is 10.3. The van der Waals surface area contributed by atoms with Gasteiger partial charge in [-0.25, -0.2) is 4.99 Å². The summed E-state index contributed by atoms with van der Waals surface area (Å²) >= 11 is 0. The molecule has 2 saturated carbocycles. The van der Waals surface area contributed by atoms with Crippen LogP contribution >= 0.6 is 0 Å². The Labute approximate surface area is 153 Å². The number of rotatable bonds is 5. The van der Waals surface area contributed by atoms with Crippen molar-refractivity contribution in [3.63, 3.8) is 0 Å². The Morgan fingerprint density at radius 2 is 1.76 bits per heavy atom. The predicted molar refractivity (Wildman–Crippen MR) is 101 cm³/mol. The van der Waals surface area contributed by atoms with Gasteiger partial charge in [0.05, 0.1) is 12.7 Å². The highest BCUT2D eigenvalue weighted by atomic mass is 16.5. The second kappa shape index (κ2) is 7.83. The Bertz CT molecular complexity index is 468. The molecule has 0 aromatic carbocycles. The highest BCUT2D eigenvalue weighted by molar-refractivity contribution is 5.80. The minimum atomic E-state index is -0.677. The van der Waals surface area contributed by atoms with Crippen molar-refractivity contribution in [3.05, 3.63) is 0 Å². The van der Waals surface area contributed by atoms with E-state index in [2.05, 4.69) is 13.8 Å². The van der Waals surface area contributed by atoms with Gasteiger partial charge in [-0.15, -0.1) is 0 Å². The molecule has 144 valence electrons. The summed E-state index contributed by atoms with van der Waals surface area (Å²) in [4.78, 5) is 6.46. The average molecular weight is 352 g/mol. The van der Waals surface area contributed by atoms with E-state index in [0.29, 0.717) is 30.3 Å². The Balaban J connectivity index is 1.72. The van der Waals surface area contributed by atoms with E-state index >= 15 is 0 Å². The van der Waals surface area contributed by atoms with Crippen molar-refractivity contribution in [2.45, 2.75) is 89.5 Å². The molecule has 1 heterocycles. The van der Waals surface area contributed by atoms with Gasteiger partial charge in [-0.05, 0) is 37.0 Å². The van der Waals surface area contributed by atoms with Crippen LogP contribution in [0.5, 0.6) is 0 Å². The minimum absolute atomic E-state index is 0.270. The smallest absolute Gasteiger partial charge is 0.193 e. The van der Waals surface area contributed by atoms with E-state index in [9.17, 15) is 5.11 Å². The van der Waals surface area contributed by atoms with Crippen molar-refractivity contribution in [2.24, 2.45) is 28.5 Å². The zero-order valence-corrected chi connectivity index (χ0v) is 16.3. The number of aliphatic hydroxyl groups excluding tert-OH is 1. The summed E-state index contributed by atoms with van der Waals surface area (Å²) in [5.41, 5.74) is 5.47. The number of nitrogens with two attached hydrogens (primary N) is 1. The lowest BCUT2D eigenvalue weighted by Gasteiger charge is -2.40. The zero-order valence-electron chi connectivity index (χ0n) is 16.3. The van der Waals surface area contributed by atoms with Gasteiger partial charge in [-0.2, -0.15) is 0 Å². The van der Waals surface area contributed by atoms with Crippen molar-refractivity contribution in [1.29, 1.82) is 0 Å². The molecule has 0 saturated heterocycles. The summed E-state index contributed by atoms with van der Waals surface area (Å²) in [6, 6.07) is 0. The molecule has 0 aromatic heterocycles. The van der Waals surface area contributed by atoms with Crippen LogP contribution in [-0.2, 0) is 4.74 Å². The van der Waals surface area contributed by atoms with Crippen LogP contribution in [0.1, 0.15) is 71.6 Å². The molecule has 3 aliphatic rings. The minimum Gasteiger partial charge on any atom is -0.375 e. The summed E-state index contributed by atoms with van der Waals surface area (Å²) in [5.74, 6) is 2.22. The monoisotopic (exact) mass is 351 g/mol. The number of hydrogen-bond donors (Lipinski definition) is 2. The fourth-order valence-corrected chi connectivity index (χ4v) is 5.28. The van der Waals surface area contributed by atoms with E-state index in [1.807, 2.05) is 7.05 Å². The standard InChI is InChI=1S/C20H37N3O2/c1-14-8-7-9-15(2)17(14)25-13-20(12-16-10-5-4-6-11-16)18(24)23(3)19(21)22-20/h14-18,24H,4-13H2,1-3H3,(H2,21,22)/t14?,15?,17?,18-,20?/m0/s1. The van der Waals surface area contributed by atoms with Crippen LogP contribution in [0.15, 0.2) is 4.99 Å². The largest absolute Gasteiger partial charge is 0.375 e. The Kier molecular flexibility index (Phi) is 5.94. The fraction of sp³-hybridized carbons (Fsp3) is 0.950. The van der Waals surface area contributed by atoms with Gasteiger partial charge in [0.2, 0.25) is 0 Å². The number of guanidine groups is 1. The molecule has 0 spiro atoms. The van der Waals surface area contributed by atoms with E-state index in [1.165, 1.54) is 51.4 Å². The third-order valence-electron chi connectivity index (χ3n) is 6.88. The van der Waals surface area contributed by atoms with Crippen LogP contribution < -0.4 is 5.73 Å². The van der Waals surface area contributed by atoms with Gasteiger partial charge in [0.25, 0.3) is 0 Å². The Morgan fingerprint density at radius 1 is 1.12 bits per heavy atom. The summed E-state index contributed by atoms with van der Waals surface area (Å²) in [6.07, 6.45) is 10.7. The van der Waals surface area contributed by atoms with Crippen LogP contribution in [0, 0.1) is 17.8 Å². The first-order valence-electron chi connectivity index (χ1n) is 10.3. The topological polar surface area (TPSA) is 71.1 Å². The van der Waals surface area contributed by atoms with E-state index < -0.39 is 11.8 Å². The third kappa shape index (κ3) is 3.97. The molecule has 2 aliphatic carbocycles. The number of ether oxygens (including phenoxy) is 1. The molecule has 25 heavy (non-hydrogen) atoms. The summed E-state index contributed by atoms with van der Waals surface area (Å²) < 4.78 is 6.45. The highest BCUT2D eigenvalue weighted by Crippen LogP contribution is 2.39. The first-order chi connectivity index (χ1) is 11.9. The zero-order chi connectivity index (χ0) is 18.0. The third-order valence-corrected chi connectivity index (χ3v) is 6.88. The predicted octanol–water partition coefficient (Wildman–Crippen LogP) is 3.12. The van der Waals surface area contributed by atoms with Crippen molar-refractivity contribution in [3.8, 4) is 0 Å². The lowest BCUT2D eigenvalue weighted by Crippen LogP contribution is -2.51. The first kappa shape index (κ1) is 19.0. The van der Waals surface area contributed by atoms with Crippen molar-refractivity contribution in [1.82, 2.24) is 4.90 Å². The lowest BCUT2D eigenvalue weighted by atomic mass is 9.78. The second-order valence-electron chi connectivity index (χ2n) is 8.93. The highest BCUT2D eigenvalue weighted by Gasteiger charge is 2.48. The molecule has 0 aromatic rings. The van der Waals surface area contributed by atoms with Crippen molar-refractivity contribution in [2.75, 3.05) is 13.7 Å². The summed E-state index contributed by atoms with van der Waals surface area (Å²) in [7, 11) is 1.83. The van der Waals surface area contributed by atoms with Gasteiger partial charge in [-0.1, -0.05) is 52.4 Å². The van der Waals surface area contributed by atoms with E-state index in [1.54, 1.807) is 4.90 Å². The maximum atomic E-state index is 10.9. The maximum absolute atomic E-state index is 10.9. The van der Waals surface area contributed by atoms with E-state index in [4.69, 9.17) is 15.5 Å². The molecule has 4 atom stereocenters. The van der Waals surface area contributed by atoms with Crippen LogP contribution in [0.4, 0.5) is 0 Å². The number of hydrogen-bond acceptors (Lipinski definition) is 5. The molecule has 0 amide bonds. The molecule has 5 nitrogen and oxygen atoms in total. The quantitative estimate of drug-likeness (QED) is 0.798. The molecule has 0 radical (unpaired) electrons. The van der Waals surface area contributed by atoms with Crippen molar-refractivity contribution < 1.29 is 9.84 Å². The van der Waals surface area contributed by atoms with Crippen molar-refractivity contribution >= 4 is 5.96 Å². The maximum Gasteiger partial charge on any atom is 0.193 e. The normalized spacial score (nSPS) is 40.3. The molecule has 3 N–H and O–H groups in total. The van der Waals surface area contributed by atoms with E-state index in [-0.39, 0.29) is 6.10 Å². The second-order valence-corrected chi connectivity index (χ2v) is 8.93. The Morgan fingerprint density at radius 3 is 2.32 bits per heavy atom. The Hall–Kier alpha value is -0.810. The molecule has 0 bridgehead atoms. The fourth-order valence-electron chi connectivity index (χ4n) is 5.28. The molecule has 3 unspecified atom stereocenters. The number of aliphatic hydroxyl groups is 1. The molecular formula is C20H37N3O2. The summed E-state index contributed by atoms with van der Waals surface area (Å²) in [6.45, 7) is 5.07. The number of likely N-dealkylation sites (N-methyl/N-ethyl adjacent to an activating group) is 1. The molecule has 5 heteroatoms. The number of aliphatic imine (C=N–C) groups is 1. The van der Waals surface area contributed by atoms with Gasteiger partial charge >= 0.3 is 0 Å². The van der Waals surface area contributed by atoms with Gasteiger partial charge in [0.1, 0.15) is 5.54 Å². The van der Waals surface area contributed by atoms with E-state index in [0.717, 1.165) is 6.42 Å². The van der Waals surface area contributed by atoms with Gasteiger partial charge in [0, 0.05) is 7.05 Å². The van der Waals surface area contributed by atoms with Crippen LogP contribution in [0.25, 0.3) is 0 Å². The lowest BCUT2D eigenvalue weighted by molar-refractivity contribution is -0.0939. The molecule has 2 fully saturated rings. The molecule has 3 rings (SSSR count). The van der Waals surface area contributed by atoms with Crippen LogP contribution in [0.3, 0.4) is 0 Å². The SMILES string of the molecule is CC1CCCC(C)C1OCC1(CC2CCCCC2)N=C(N)N(C)[C@H]1O. The van der Waals surface area contributed by atoms with Crippen LogP contribution in [0.2, 0.25) is 0 Å². The van der Waals surface area contributed by atoms with Crippen LogP contribution in [-0.4, -0.2) is 47.5 Å². The molecule has 1 aliphatic heterocycles. The summed E-state index contributed by atoms with van der Waals surface area (Å²) in [5, 5.41) is 10.9. The molecular weight excluding hydrogens is 314 g/mol. The van der Waals surface area contributed by atoms with Gasteiger partial charge in [0.15, 0.2) is 12.2 Å². The van der Waals surface area contributed by atoms with Gasteiger partial charge in [-0.3, -0.25) is 0 Å². The average Bonchev–Trinajstić information content (AvgIpc) is 2.80.